The van der Waals surface area contributed by atoms with Crippen LogP contribution in [0.1, 0.15) is 30.1 Å². The highest BCUT2D eigenvalue weighted by molar-refractivity contribution is 7.08. The van der Waals surface area contributed by atoms with Crippen LogP contribution in [0.3, 0.4) is 0 Å². The lowest BCUT2D eigenvalue weighted by Gasteiger charge is -2.34. The lowest BCUT2D eigenvalue weighted by atomic mass is 9.83. The van der Waals surface area contributed by atoms with Crippen molar-refractivity contribution in [2.75, 3.05) is 19.6 Å². The van der Waals surface area contributed by atoms with Crippen LogP contribution in [0.5, 0.6) is 0 Å². The molecular weight excluding hydrogens is 256 g/mol. The van der Waals surface area contributed by atoms with E-state index in [4.69, 9.17) is 0 Å². The SMILES string of the molecule is CC1(CNC(=O)c2ccsc2)CCCNC1.Cl. The third-order valence-corrected chi connectivity index (χ3v) is 3.83. The summed E-state index contributed by atoms with van der Waals surface area (Å²) in [4.78, 5) is 11.8. The van der Waals surface area contributed by atoms with E-state index >= 15 is 0 Å². The Morgan fingerprint density at radius 1 is 1.65 bits per heavy atom. The molecule has 1 amide bonds. The fourth-order valence-electron chi connectivity index (χ4n) is 2.06. The number of carbonyl (C=O) groups excluding carboxylic acids is 1. The maximum atomic E-state index is 11.8. The fourth-order valence-corrected chi connectivity index (χ4v) is 2.69. The first kappa shape index (κ1) is 14.5. The third-order valence-electron chi connectivity index (χ3n) is 3.14. The molecule has 96 valence electrons. The largest absolute Gasteiger partial charge is 0.351 e. The number of carbonyl (C=O) groups is 1. The van der Waals surface area contributed by atoms with Crippen molar-refractivity contribution in [2.45, 2.75) is 19.8 Å². The van der Waals surface area contributed by atoms with E-state index in [0.717, 1.165) is 25.2 Å². The molecule has 1 unspecified atom stereocenters. The summed E-state index contributed by atoms with van der Waals surface area (Å²) in [5.41, 5.74) is 0.988. The summed E-state index contributed by atoms with van der Waals surface area (Å²) in [5.74, 6) is 0.0491. The second-order valence-electron chi connectivity index (χ2n) is 4.79. The molecule has 1 aliphatic rings. The van der Waals surface area contributed by atoms with Crippen LogP contribution in [0.4, 0.5) is 0 Å². The maximum absolute atomic E-state index is 11.8. The molecule has 0 aliphatic carbocycles. The predicted molar refractivity (Wildman–Crippen MR) is 74.1 cm³/mol. The Balaban J connectivity index is 0.00000144. The number of hydrogen-bond acceptors (Lipinski definition) is 3. The Morgan fingerprint density at radius 3 is 3.06 bits per heavy atom. The van der Waals surface area contributed by atoms with Crippen LogP contribution in [0.25, 0.3) is 0 Å². The predicted octanol–water partition coefficient (Wildman–Crippen LogP) is 2.29. The standard InChI is InChI=1S/C12H18N2OS.ClH/c1-12(4-2-5-13-8-12)9-14-11(15)10-3-6-16-7-10;/h3,6-7,13H,2,4-5,8-9H2,1H3,(H,14,15);1H. The molecule has 1 fully saturated rings. The Kier molecular flexibility index (Phi) is 5.43. The number of hydrogen-bond donors (Lipinski definition) is 2. The van der Waals surface area contributed by atoms with Crippen molar-refractivity contribution in [3.05, 3.63) is 22.4 Å². The van der Waals surface area contributed by atoms with Crippen LogP contribution in [-0.2, 0) is 0 Å². The van der Waals surface area contributed by atoms with Crippen molar-refractivity contribution >= 4 is 29.7 Å². The van der Waals surface area contributed by atoms with Gasteiger partial charge in [-0.05, 0) is 36.2 Å². The second-order valence-corrected chi connectivity index (χ2v) is 5.57. The molecule has 0 radical (unpaired) electrons. The lowest BCUT2D eigenvalue weighted by Crippen LogP contribution is -2.45. The van der Waals surface area contributed by atoms with E-state index < -0.39 is 0 Å². The summed E-state index contributed by atoms with van der Waals surface area (Å²) < 4.78 is 0. The minimum absolute atomic E-state index is 0. The Bertz CT molecular complexity index is 347. The van der Waals surface area contributed by atoms with Crippen molar-refractivity contribution in [1.29, 1.82) is 0 Å². The van der Waals surface area contributed by atoms with E-state index in [0.29, 0.717) is 0 Å². The quantitative estimate of drug-likeness (QED) is 0.888. The van der Waals surface area contributed by atoms with Gasteiger partial charge in [0, 0.05) is 24.0 Å². The summed E-state index contributed by atoms with van der Waals surface area (Å²) in [5, 5.41) is 10.2. The van der Waals surface area contributed by atoms with E-state index in [2.05, 4.69) is 17.6 Å². The van der Waals surface area contributed by atoms with Gasteiger partial charge in [0.15, 0.2) is 0 Å². The van der Waals surface area contributed by atoms with Gasteiger partial charge in [-0.2, -0.15) is 11.3 Å². The summed E-state index contributed by atoms with van der Waals surface area (Å²) in [6.07, 6.45) is 2.38. The molecule has 1 aromatic rings. The lowest BCUT2D eigenvalue weighted by molar-refractivity contribution is 0.0925. The van der Waals surface area contributed by atoms with Gasteiger partial charge in [0.1, 0.15) is 0 Å². The molecule has 0 spiro atoms. The molecule has 0 bridgehead atoms. The smallest absolute Gasteiger partial charge is 0.252 e. The number of piperidine rings is 1. The number of nitrogens with one attached hydrogen (secondary N) is 2. The maximum Gasteiger partial charge on any atom is 0.252 e. The zero-order valence-corrected chi connectivity index (χ0v) is 11.6. The van der Waals surface area contributed by atoms with E-state index in [-0.39, 0.29) is 23.7 Å². The summed E-state index contributed by atoms with van der Waals surface area (Å²) in [7, 11) is 0. The Labute approximate surface area is 112 Å². The highest BCUT2D eigenvalue weighted by atomic mass is 35.5. The van der Waals surface area contributed by atoms with E-state index in [1.54, 1.807) is 11.3 Å². The van der Waals surface area contributed by atoms with Gasteiger partial charge >= 0.3 is 0 Å². The molecule has 2 heterocycles. The Hall–Kier alpha value is -0.580. The number of amides is 1. The average molecular weight is 275 g/mol. The van der Waals surface area contributed by atoms with Crippen molar-refractivity contribution in [2.24, 2.45) is 5.41 Å². The van der Waals surface area contributed by atoms with Gasteiger partial charge in [0.05, 0.1) is 0 Å². The molecule has 17 heavy (non-hydrogen) atoms. The van der Waals surface area contributed by atoms with Crippen LogP contribution >= 0.6 is 23.7 Å². The minimum atomic E-state index is 0. The number of rotatable bonds is 3. The van der Waals surface area contributed by atoms with Gasteiger partial charge in [-0.1, -0.05) is 6.92 Å². The molecule has 1 saturated heterocycles. The van der Waals surface area contributed by atoms with Crippen LogP contribution in [-0.4, -0.2) is 25.5 Å². The third kappa shape index (κ3) is 3.98. The molecule has 1 atom stereocenters. The van der Waals surface area contributed by atoms with Gasteiger partial charge in [0.2, 0.25) is 0 Å². The molecule has 1 aliphatic heterocycles. The van der Waals surface area contributed by atoms with Gasteiger partial charge in [0.25, 0.3) is 5.91 Å². The molecule has 1 aromatic heterocycles. The second kappa shape index (κ2) is 6.38. The van der Waals surface area contributed by atoms with Crippen molar-refractivity contribution in [1.82, 2.24) is 10.6 Å². The number of halogens is 1. The molecule has 0 saturated carbocycles. The molecule has 0 aromatic carbocycles. The minimum Gasteiger partial charge on any atom is -0.351 e. The van der Waals surface area contributed by atoms with Gasteiger partial charge in [-0.15, -0.1) is 12.4 Å². The van der Waals surface area contributed by atoms with Crippen LogP contribution in [0.15, 0.2) is 16.8 Å². The average Bonchev–Trinajstić information content (AvgIpc) is 2.80. The fraction of sp³-hybridized carbons (Fsp3) is 0.583. The van der Waals surface area contributed by atoms with E-state index in [9.17, 15) is 4.79 Å². The summed E-state index contributed by atoms with van der Waals surface area (Å²) in [6.45, 7) is 5.09. The zero-order valence-electron chi connectivity index (χ0n) is 9.99. The monoisotopic (exact) mass is 274 g/mol. The molecule has 2 rings (SSSR count). The van der Waals surface area contributed by atoms with Gasteiger partial charge in [-0.3, -0.25) is 4.79 Å². The van der Waals surface area contributed by atoms with Crippen molar-refractivity contribution in [3.63, 3.8) is 0 Å². The first-order valence-electron chi connectivity index (χ1n) is 5.71. The first-order chi connectivity index (χ1) is 7.70. The summed E-state index contributed by atoms with van der Waals surface area (Å²) in [6, 6.07) is 1.86. The van der Waals surface area contributed by atoms with Crippen LogP contribution in [0, 0.1) is 5.41 Å². The molecular formula is C12H19ClN2OS. The van der Waals surface area contributed by atoms with Crippen LogP contribution in [0.2, 0.25) is 0 Å². The summed E-state index contributed by atoms with van der Waals surface area (Å²) >= 11 is 1.56. The van der Waals surface area contributed by atoms with Crippen molar-refractivity contribution in [3.8, 4) is 0 Å². The topological polar surface area (TPSA) is 41.1 Å². The normalized spacial score (nSPS) is 23.8. The van der Waals surface area contributed by atoms with E-state index in [1.807, 2.05) is 16.8 Å². The molecule has 3 nitrogen and oxygen atoms in total. The van der Waals surface area contributed by atoms with Crippen LogP contribution < -0.4 is 10.6 Å². The van der Waals surface area contributed by atoms with Crippen molar-refractivity contribution < 1.29 is 4.79 Å². The molecule has 5 heteroatoms. The zero-order chi connectivity index (χ0) is 11.4. The number of thiophene rings is 1. The first-order valence-corrected chi connectivity index (χ1v) is 6.65. The molecule has 2 N–H and O–H groups in total. The highest BCUT2D eigenvalue weighted by Gasteiger charge is 2.27. The van der Waals surface area contributed by atoms with Gasteiger partial charge < -0.3 is 10.6 Å². The van der Waals surface area contributed by atoms with Gasteiger partial charge in [-0.25, -0.2) is 0 Å². The Morgan fingerprint density at radius 2 is 2.47 bits per heavy atom. The highest BCUT2D eigenvalue weighted by Crippen LogP contribution is 2.24. The van der Waals surface area contributed by atoms with E-state index in [1.165, 1.54) is 12.8 Å².